The molecule has 1 amide bonds. The van der Waals surface area contributed by atoms with Crippen LogP contribution in [0.3, 0.4) is 0 Å². The number of para-hydroxylation sites is 1. The number of fused-ring (bicyclic) bond motifs is 1. The highest BCUT2D eigenvalue weighted by Gasteiger charge is 2.22. The number of nitrogens with zero attached hydrogens (tertiary/aromatic N) is 3. The minimum Gasteiger partial charge on any atom is -0.338 e. The van der Waals surface area contributed by atoms with E-state index in [9.17, 15) is 9.59 Å². The lowest BCUT2D eigenvalue weighted by Gasteiger charge is -2.31. The average molecular weight is 347 g/mol. The molecule has 1 aliphatic heterocycles. The van der Waals surface area contributed by atoms with Crippen LogP contribution in [0.1, 0.15) is 30.1 Å². The highest BCUT2D eigenvalue weighted by molar-refractivity contribution is 5.94. The SMILES string of the molecule is CC1CCCN(C(=O)c2ccc(-n3cnc4ccccc4c3=O)cc2)C1. The number of amides is 1. The number of likely N-dealkylation sites (tertiary alicyclic amines) is 1. The van der Waals surface area contributed by atoms with Gasteiger partial charge in [0.05, 0.1) is 16.6 Å². The maximum absolute atomic E-state index is 12.7. The van der Waals surface area contributed by atoms with Gasteiger partial charge in [0.25, 0.3) is 11.5 Å². The number of carbonyl (C=O) groups excluding carboxylic acids is 1. The maximum atomic E-state index is 12.7. The van der Waals surface area contributed by atoms with E-state index in [0.29, 0.717) is 28.1 Å². The monoisotopic (exact) mass is 347 g/mol. The zero-order valence-corrected chi connectivity index (χ0v) is 14.8. The Morgan fingerprint density at radius 3 is 2.65 bits per heavy atom. The van der Waals surface area contributed by atoms with E-state index in [1.807, 2.05) is 23.1 Å². The Morgan fingerprint density at radius 1 is 1.12 bits per heavy atom. The smallest absolute Gasteiger partial charge is 0.265 e. The molecule has 0 spiro atoms. The predicted molar refractivity (Wildman–Crippen MR) is 102 cm³/mol. The molecule has 26 heavy (non-hydrogen) atoms. The lowest BCUT2D eigenvalue weighted by Crippen LogP contribution is -2.39. The van der Waals surface area contributed by atoms with Gasteiger partial charge in [0.2, 0.25) is 0 Å². The summed E-state index contributed by atoms with van der Waals surface area (Å²) in [4.78, 5) is 31.6. The molecule has 1 aliphatic rings. The first-order valence-electron chi connectivity index (χ1n) is 8.99. The van der Waals surface area contributed by atoms with E-state index in [2.05, 4.69) is 11.9 Å². The quantitative estimate of drug-likeness (QED) is 0.715. The molecule has 5 nitrogen and oxygen atoms in total. The number of carbonyl (C=O) groups is 1. The van der Waals surface area contributed by atoms with Gasteiger partial charge < -0.3 is 4.90 Å². The number of hydrogen-bond acceptors (Lipinski definition) is 3. The molecule has 1 fully saturated rings. The summed E-state index contributed by atoms with van der Waals surface area (Å²) in [7, 11) is 0. The largest absolute Gasteiger partial charge is 0.338 e. The molecule has 2 heterocycles. The van der Waals surface area contributed by atoms with Gasteiger partial charge in [-0.05, 0) is 55.2 Å². The van der Waals surface area contributed by atoms with Gasteiger partial charge in [-0.3, -0.25) is 14.2 Å². The Hall–Kier alpha value is -2.95. The number of aromatic nitrogens is 2. The van der Waals surface area contributed by atoms with Gasteiger partial charge in [0.15, 0.2) is 0 Å². The van der Waals surface area contributed by atoms with E-state index in [-0.39, 0.29) is 11.5 Å². The normalized spacial score (nSPS) is 17.4. The molecule has 1 saturated heterocycles. The van der Waals surface area contributed by atoms with Gasteiger partial charge >= 0.3 is 0 Å². The van der Waals surface area contributed by atoms with Gasteiger partial charge in [0, 0.05) is 18.7 Å². The molecule has 4 rings (SSSR count). The summed E-state index contributed by atoms with van der Waals surface area (Å²) in [5.41, 5.74) is 1.93. The van der Waals surface area contributed by atoms with Crippen molar-refractivity contribution >= 4 is 16.8 Å². The Bertz CT molecular complexity index is 1010. The van der Waals surface area contributed by atoms with E-state index < -0.39 is 0 Å². The molecule has 0 saturated carbocycles. The Labute approximate surface area is 151 Å². The van der Waals surface area contributed by atoms with E-state index in [1.54, 1.807) is 30.3 Å². The van der Waals surface area contributed by atoms with Crippen molar-refractivity contribution in [2.24, 2.45) is 5.92 Å². The summed E-state index contributed by atoms with van der Waals surface area (Å²) < 4.78 is 1.51. The molecule has 5 heteroatoms. The van der Waals surface area contributed by atoms with E-state index >= 15 is 0 Å². The van der Waals surface area contributed by atoms with Crippen molar-refractivity contribution < 1.29 is 4.79 Å². The van der Waals surface area contributed by atoms with Crippen molar-refractivity contribution in [1.29, 1.82) is 0 Å². The molecular formula is C21H21N3O2. The summed E-state index contributed by atoms with van der Waals surface area (Å²) >= 11 is 0. The van der Waals surface area contributed by atoms with Crippen molar-refractivity contribution in [3.63, 3.8) is 0 Å². The van der Waals surface area contributed by atoms with Gasteiger partial charge in [0.1, 0.15) is 6.33 Å². The molecule has 0 aliphatic carbocycles. The van der Waals surface area contributed by atoms with Gasteiger partial charge in [-0.25, -0.2) is 4.98 Å². The van der Waals surface area contributed by atoms with Crippen molar-refractivity contribution in [2.45, 2.75) is 19.8 Å². The molecule has 0 N–H and O–H groups in total. The van der Waals surface area contributed by atoms with Crippen LogP contribution in [0.5, 0.6) is 0 Å². The molecular weight excluding hydrogens is 326 g/mol. The molecule has 3 aromatic rings. The lowest BCUT2D eigenvalue weighted by molar-refractivity contribution is 0.0683. The van der Waals surface area contributed by atoms with Crippen molar-refractivity contribution in [1.82, 2.24) is 14.5 Å². The fourth-order valence-electron chi connectivity index (χ4n) is 3.57. The second-order valence-corrected chi connectivity index (χ2v) is 6.98. The minimum absolute atomic E-state index is 0.0621. The fourth-order valence-corrected chi connectivity index (χ4v) is 3.57. The summed E-state index contributed by atoms with van der Waals surface area (Å²) in [6.45, 7) is 3.81. The maximum Gasteiger partial charge on any atom is 0.265 e. The molecule has 1 unspecified atom stereocenters. The highest BCUT2D eigenvalue weighted by atomic mass is 16.2. The number of piperidine rings is 1. The first-order chi connectivity index (χ1) is 12.6. The van der Waals surface area contributed by atoms with Crippen molar-refractivity contribution in [3.8, 4) is 5.69 Å². The van der Waals surface area contributed by atoms with Crippen LogP contribution in [-0.2, 0) is 0 Å². The first-order valence-corrected chi connectivity index (χ1v) is 8.99. The van der Waals surface area contributed by atoms with Crippen LogP contribution in [0.2, 0.25) is 0 Å². The summed E-state index contributed by atoms with van der Waals surface area (Å²) in [6.07, 6.45) is 3.78. The van der Waals surface area contributed by atoms with Gasteiger partial charge in [-0.1, -0.05) is 19.1 Å². The third kappa shape index (κ3) is 3.01. The Morgan fingerprint density at radius 2 is 1.88 bits per heavy atom. The van der Waals surface area contributed by atoms with Crippen LogP contribution in [0.25, 0.3) is 16.6 Å². The van der Waals surface area contributed by atoms with Gasteiger partial charge in [-0.2, -0.15) is 0 Å². The first kappa shape index (κ1) is 16.5. The molecule has 0 bridgehead atoms. The minimum atomic E-state index is -0.112. The van der Waals surface area contributed by atoms with E-state index in [4.69, 9.17) is 0 Å². The van der Waals surface area contributed by atoms with Gasteiger partial charge in [-0.15, -0.1) is 0 Å². The van der Waals surface area contributed by atoms with E-state index in [0.717, 1.165) is 19.5 Å². The molecule has 1 atom stereocenters. The van der Waals surface area contributed by atoms with Crippen molar-refractivity contribution in [2.75, 3.05) is 13.1 Å². The van der Waals surface area contributed by atoms with Crippen LogP contribution in [-0.4, -0.2) is 33.4 Å². The third-order valence-corrected chi connectivity index (χ3v) is 5.00. The number of benzene rings is 2. The second kappa shape index (κ2) is 6.75. The molecule has 0 radical (unpaired) electrons. The standard InChI is InChI=1S/C21H21N3O2/c1-15-5-4-12-23(13-15)20(25)16-8-10-17(11-9-16)24-14-22-19-7-3-2-6-18(19)21(24)26/h2-3,6-11,14-15H,4-5,12-13H2,1H3. The fraction of sp³-hybridized carbons (Fsp3) is 0.286. The van der Waals surface area contributed by atoms with E-state index in [1.165, 1.54) is 17.3 Å². The molecule has 132 valence electrons. The van der Waals surface area contributed by atoms with Crippen LogP contribution < -0.4 is 5.56 Å². The summed E-state index contributed by atoms with van der Waals surface area (Å²) in [5.74, 6) is 0.612. The predicted octanol–water partition coefficient (Wildman–Crippen LogP) is 3.26. The highest BCUT2D eigenvalue weighted by Crippen LogP contribution is 2.18. The van der Waals surface area contributed by atoms with Crippen LogP contribution in [0.4, 0.5) is 0 Å². The third-order valence-electron chi connectivity index (χ3n) is 5.00. The van der Waals surface area contributed by atoms with Crippen LogP contribution in [0, 0.1) is 5.92 Å². The summed E-state index contributed by atoms with van der Waals surface area (Å²) in [5, 5.41) is 0.581. The lowest BCUT2D eigenvalue weighted by atomic mass is 9.99. The number of hydrogen-bond donors (Lipinski definition) is 0. The van der Waals surface area contributed by atoms with Crippen molar-refractivity contribution in [3.05, 3.63) is 70.8 Å². The van der Waals surface area contributed by atoms with Crippen LogP contribution in [0.15, 0.2) is 59.7 Å². The second-order valence-electron chi connectivity index (χ2n) is 6.98. The Kier molecular flexibility index (Phi) is 4.29. The summed E-state index contributed by atoms with van der Waals surface area (Å²) in [6, 6.07) is 14.5. The average Bonchev–Trinajstić information content (AvgIpc) is 2.68. The zero-order valence-electron chi connectivity index (χ0n) is 14.8. The molecule has 1 aromatic heterocycles. The topological polar surface area (TPSA) is 55.2 Å². The Balaban J connectivity index is 1.63. The zero-order chi connectivity index (χ0) is 18.1. The number of rotatable bonds is 2. The van der Waals surface area contributed by atoms with Crippen LogP contribution >= 0.6 is 0 Å². The molecule has 2 aromatic carbocycles.